The van der Waals surface area contributed by atoms with Crippen molar-refractivity contribution in [3.63, 3.8) is 0 Å². The van der Waals surface area contributed by atoms with Gasteiger partial charge >= 0.3 is 5.97 Å². The second kappa shape index (κ2) is 4.25. The third-order valence-corrected chi connectivity index (χ3v) is 2.55. The molecule has 4 heteroatoms. The molecule has 0 saturated heterocycles. The Bertz CT molecular complexity index is 570. The maximum absolute atomic E-state index is 12.2. The minimum Gasteiger partial charge on any atom is -0.478 e. The summed E-state index contributed by atoms with van der Waals surface area (Å²) < 4.78 is 1.53. The quantitative estimate of drug-likeness (QED) is 0.818. The summed E-state index contributed by atoms with van der Waals surface area (Å²) >= 11 is 0. The predicted octanol–water partition coefficient (Wildman–Crippen LogP) is 1.95. The highest BCUT2D eigenvalue weighted by Gasteiger charge is 2.20. The van der Waals surface area contributed by atoms with Gasteiger partial charge in [0.15, 0.2) is 0 Å². The fourth-order valence-corrected chi connectivity index (χ4v) is 1.71. The normalized spacial score (nSPS) is 10.2. The predicted molar refractivity (Wildman–Crippen MR) is 62.2 cm³/mol. The van der Waals surface area contributed by atoms with Crippen LogP contribution in [0.1, 0.15) is 26.4 Å². The molecule has 2 aromatic rings. The van der Waals surface area contributed by atoms with E-state index in [0.717, 1.165) is 0 Å². The van der Waals surface area contributed by atoms with E-state index >= 15 is 0 Å². The van der Waals surface area contributed by atoms with Crippen LogP contribution in [0.5, 0.6) is 0 Å². The highest BCUT2D eigenvalue weighted by molar-refractivity contribution is 6.13. The van der Waals surface area contributed by atoms with Crippen LogP contribution >= 0.6 is 0 Å². The SMILES string of the molecule is Cn1ccc(C(=O)O)c1C(=O)c1ccccc1. The van der Waals surface area contributed by atoms with E-state index in [2.05, 4.69) is 0 Å². The number of ketones is 1. The zero-order chi connectivity index (χ0) is 12.4. The molecule has 86 valence electrons. The Hall–Kier alpha value is -2.36. The Balaban J connectivity index is 2.51. The third kappa shape index (κ3) is 1.97. The molecule has 17 heavy (non-hydrogen) atoms. The van der Waals surface area contributed by atoms with Crippen LogP contribution in [0.2, 0.25) is 0 Å². The van der Waals surface area contributed by atoms with Crippen molar-refractivity contribution in [1.82, 2.24) is 4.57 Å². The number of carboxylic acid groups (broad SMARTS) is 1. The van der Waals surface area contributed by atoms with Crippen molar-refractivity contribution < 1.29 is 14.7 Å². The minimum absolute atomic E-state index is 0.0290. The first-order chi connectivity index (χ1) is 8.11. The fourth-order valence-electron chi connectivity index (χ4n) is 1.71. The van der Waals surface area contributed by atoms with Crippen molar-refractivity contribution >= 4 is 11.8 Å². The molecule has 4 nitrogen and oxygen atoms in total. The molecule has 2 rings (SSSR count). The summed E-state index contributed by atoms with van der Waals surface area (Å²) in [6.07, 6.45) is 1.57. The fraction of sp³-hybridized carbons (Fsp3) is 0.0769. The zero-order valence-corrected chi connectivity index (χ0v) is 9.25. The highest BCUT2D eigenvalue weighted by atomic mass is 16.4. The van der Waals surface area contributed by atoms with Gasteiger partial charge in [0.1, 0.15) is 5.69 Å². The van der Waals surface area contributed by atoms with Crippen molar-refractivity contribution in [2.24, 2.45) is 7.05 Å². The lowest BCUT2D eigenvalue weighted by atomic mass is 10.1. The number of hydrogen-bond acceptors (Lipinski definition) is 2. The number of rotatable bonds is 3. The number of carbonyl (C=O) groups is 2. The van der Waals surface area contributed by atoms with Crippen molar-refractivity contribution in [2.45, 2.75) is 0 Å². The van der Waals surface area contributed by atoms with Crippen LogP contribution in [-0.2, 0) is 7.05 Å². The van der Waals surface area contributed by atoms with Gasteiger partial charge in [0.25, 0.3) is 0 Å². The molecule has 0 aliphatic heterocycles. The molecule has 0 bridgehead atoms. The summed E-state index contributed by atoms with van der Waals surface area (Å²) in [6, 6.07) is 10.1. The average molecular weight is 229 g/mol. The summed E-state index contributed by atoms with van der Waals surface area (Å²) in [4.78, 5) is 23.2. The molecule has 0 fully saturated rings. The number of carboxylic acids is 1. The smallest absolute Gasteiger partial charge is 0.338 e. The monoisotopic (exact) mass is 229 g/mol. The number of nitrogens with zero attached hydrogens (tertiary/aromatic N) is 1. The summed E-state index contributed by atoms with van der Waals surface area (Å²) in [7, 11) is 1.66. The number of aromatic nitrogens is 1. The van der Waals surface area contributed by atoms with Gasteiger partial charge in [-0.2, -0.15) is 0 Å². The molecule has 0 atom stereocenters. The van der Waals surface area contributed by atoms with Crippen LogP contribution in [-0.4, -0.2) is 21.4 Å². The molecule has 0 spiro atoms. The topological polar surface area (TPSA) is 59.3 Å². The van der Waals surface area contributed by atoms with Gasteiger partial charge in [-0.3, -0.25) is 4.79 Å². The Kier molecular flexibility index (Phi) is 2.78. The molecule has 0 aliphatic rings. The number of aromatic carboxylic acids is 1. The summed E-state index contributed by atoms with van der Waals surface area (Å²) in [6.45, 7) is 0. The number of carbonyl (C=O) groups excluding carboxylic acids is 1. The second-order valence-corrected chi connectivity index (χ2v) is 3.69. The molecule has 1 heterocycles. The maximum atomic E-state index is 12.2. The van der Waals surface area contributed by atoms with Gasteiger partial charge < -0.3 is 9.67 Å². The Morgan fingerprint density at radius 1 is 1.12 bits per heavy atom. The molecule has 0 unspecified atom stereocenters. The molecular weight excluding hydrogens is 218 g/mol. The molecule has 0 aliphatic carbocycles. The summed E-state index contributed by atoms with van der Waals surface area (Å²) in [5.41, 5.74) is 0.710. The molecule has 0 amide bonds. The van der Waals surface area contributed by atoms with Crippen LogP contribution in [0, 0.1) is 0 Å². The van der Waals surface area contributed by atoms with Crippen molar-refractivity contribution in [3.8, 4) is 0 Å². The molecule has 1 aromatic heterocycles. The second-order valence-electron chi connectivity index (χ2n) is 3.69. The van der Waals surface area contributed by atoms with Crippen LogP contribution in [0.25, 0.3) is 0 Å². The standard InChI is InChI=1S/C13H11NO3/c1-14-8-7-10(13(16)17)11(14)12(15)9-5-3-2-4-6-9/h2-8H,1H3,(H,16,17). The Labute approximate surface area is 98.1 Å². The molecule has 1 N–H and O–H groups in total. The van der Waals surface area contributed by atoms with E-state index in [1.807, 2.05) is 0 Å². The number of aryl methyl sites for hydroxylation is 1. The molecule has 1 aromatic carbocycles. The largest absolute Gasteiger partial charge is 0.478 e. The van der Waals surface area contributed by atoms with Crippen LogP contribution < -0.4 is 0 Å². The van der Waals surface area contributed by atoms with Crippen molar-refractivity contribution in [1.29, 1.82) is 0 Å². The first kappa shape index (κ1) is 11.1. The van der Waals surface area contributed by atoms with Gasteiger partial charge in [0.2, 0.25) is 5.78 Å². The lowest BCUT2D eigenvalue weighted by molar-refractivity contribution is 0.0692. The first-order valence-electron chi connectivity index (χ1n) is 5.09. The molecule has 0 saturated carbocycles. The van der Waals surface area contributed by atoms with E-state index < -0.39 is 5.97 Å². The van der Waals surface area contributed by atoms with Crippen LogP contribution in [0.15, 0.2) is 42.6 Å². The van der Waals surface area contributed by atoms with E-state index in [1.54, 1.807) is 43.6 Å². The molecule has 0 radical (unpaired) electrons. The van der Waals surface area contributed by atoms with Gasteiger partial charge in [0, 0.05) is 18.8 Å². The van der Waals surface area contributed by atoms with Gasteiger partial charge in [-0.25, -0.2) is 4.79 Å². The average Bonchev–Trinajstić information content (AvgIpc) is 2.71. The Morgan fingerprint density at radius 3 is 2.35 bits per heavy atom. The van der Waals surface area contributed by atoms with E-state index in [0.29, 0.717) is 5.56 Å². The first-order valence-corrected chi connectivity index (χ1v) is 5.09. The van der Waals surface area contributed by atoms with Gasteiger partial charge in [-0.05, 0) is 6.07 Å². The van der Waals surface area contributed by atoms with Crippen LogP contribution in [0.4, 0.5) is 0 Å². The van der Waals surface area contributed by atoms with E-state index in [4.69, 9.17) is 5.11 Å². The van der Waals surface area contributed by atoms with E-state index in [1.165, 1.54) is 10.6 Å². The highest BCUT2D eigenvalue weighted by Crippen LogP contribution is 2.15. The maximum Gasteiger partial charge on any atom is 0.338 e. The van der Waals surface area contributed by atoms with E-state index in [-0.39, 0.29) is 17.0 Å². The molecular formula is C13H11NO3. The van der Waals surface area contributed by atoms with Gasteiger partial charge in [-0.15, -0.1) is 0 Å². The third-order valence-electron chi connectivity index (χ3n) is 2.55. The van der Waals surface area contributed by atoms with E-state index in [9.17, 15) is 9.59 Å². The number of benzene rings is 1. The van der Waals surface area contributed by atoms with Crippen molar-refractivity contribution in [2.75, 3.05) is 0 Å². The lowest BCUT2D eigenvalue weighted by Crippen LogP contribution is -2.12. The minimum atomic E-state index is -1.09. The van der Waals surface area contributed by atoms with Gasteiger partial charge in [-0.1, -0.05) is 30.3 Å². The van der Waals surface area contributed by atoms with Crippen molar-refractivity contribution in [3.05, 3.63) is 59.4 Å². The summed E-state index contributed by atoms with van der Waals surface area (Å²) in [5, 5.41) is 9.01. The number of hydrogen-bond donors (Lipinski definition) is 1. The van der Waals surface area contributed by atoms with Crippen LogP contribution in [0.3, 0.4) is 0 Å². The lowest BCUT2D eigenvalue weighted by Gasteiger charge is -2.04. The Morgan fingerprint density at radius 2 is 1.76 bits per heavy atom. The zero-order valence-electron chi connectivity index (χ0n) is 9.25. The van der Waals surface area contributed by atoms with Gasteiger partial charge in [0.05, 0.1) is 5.56 Å². The summed E-state index contributed by atoms with van der Waals surface area (Å²) in [5.74, 6) is -1.37.